The van der Waals surface area contributed by atoms with Crippen LogP contribution in [0.1, 0.15) is 0 Å². The van der Waals surface area contributed by atoms with Gasteiger partial charge in [-0.1, -0.05) is 23.9 Å². The molecule has 3 aromatic heterocycles. The highest BCUT2D eigenvalue weighted by molar-refractivity contribution is 8.00. The topological polar surface area (TPSA) is 79.6 Å². The second kappa shape index (κ2) is 5.74. The van der Waals surface area contributed by atoms with Crippen LogP contribution in [0.3, 0.4) is 0 Å². The largest absolute Gasteiger partial charge is 0.332 e. The Balaban J connectivity index is 1.55. The Morgan fingerprint density at radius 2 is 1.96 bits per heavy atom. The van der Waals surface area contributed by atoms with Crippen molar-refractivity contribution in [1.29, 1.82) is 0 Å². The van der Waals surface area contributed by atoms with Crippen LogP contribution in [0.25, 0.3) is 22.2 Å². The van der Waals surface area contributed by atoms with E-state index in [0.29, 0.717) is 29.5 Å². The first kappa shape index (κ1) is 16.6. The summed E-state index contributed by atoms with van der Waals surface area (Å²) in [6, 6.07) is 7.82. The van der Waals surface area contributed by atoms with Gasteiger partial charge in [-0.25, -0.2) is 14.8 Å². The molecule has 27 heavy (non-hydrogen) atoms. The van der Waals surface area contributed by atoms with Crippen molar-refractivity contribution in [3.8, 4) is 0 Å². The second-order valence-corrected chi connectivity index (χ2v) is 8.21. The molecule has 4 heterocycles. The predicted octanol–water partition coefficient (Wildman–Crippen LogP) is 1.61. The molecule has 0 saturated heterocycles. The van der Waals surface area contributed by atoms with E-state index in [-0.39, 0.29) is 16.5 Å². The molecule has 1 aliphatic heterocycles. The van der Waals surface area contributed by atoms with Gasteiger partial charge in [-0.05, 0) is 23.7 Å². The first-order chi connectivity index (χ1) is 13.0. The number of imidazole rings is 2. The van der Waals surface area contributed by atoms with Gasteiger partial charge in [0.2, 0.25) is 5.28 Å². The highest BCUT2D eigenvalue weighted by atomic mass is 35.5. The molecule has 1 unspecified atom stereocenters. The average molecular weight is 403 g/mol. The standard InChI is InChI=1S/C17H15ClN6O2S/c1-21-13-12(14(25)22(2)17(21)26)24-8-9(27-16(24)20-13)7-23-11-6-4-3-5-10(11)19-15(23)18/h3-6,9H,7-8H2,1-2H3. The SMILES string of the molecule is Cn1c(=O)c2c(nc3n2CC(Cn2c(Cl)nc4ccccc42)S3)n(C)c1=O. The minimum Gasteiger partial charge on any atom is -0.313 e. The summed E-state index contributed by atoms with van der Waals surface area (Å²) >= 11 is 7.93. The van der Waals surface area contributed by atoms with Gasteiger partial charge in [0.05, 0.1) is 11.0 Å². The van der Waals surface area contributed by atoms with Gasteiger partial charge in [0.15, 0.2) is 16.3 Å². The van der Waals surface area contributed by atoms with Crippen LogP contribution in [0.4, 0.5) is 0 Å². The summed E-state index contributed by atoms with van der Waals surface area (Å²) in [5, 5.41) is 1.35. The molecule has 0 N–H and O–H groups in total. The number of hydrogen-bond acceptors (Lipinski definition) is 5. The molecule has 4 aromatic rings. The maximum Gasteiger partial charge on any atom is 0.332 e. The molecule has 138 valence electrons. The first-order valence-corrected chi connectivity index (χ1v) is 9.65. The van der Waals surface area contributed by atoms with Crippen LogP contribution in [0.2, 0.25) is 5.28 Å². The highest BCUT2D eigenvalue weighted by Gasteiger charge is 2.30. The molecule has 5 rings (SSSR count). The van der Waals surface area contributed by atoms with Gasteiger partial charge in [0.25, 0.3) is 5.56 Å². The summed E-state index contributed by atoms with van der Waals surface area (Å²) < 4.78 is 6.42. The quantitative estimate of drug-likeness (QED) is 0.509. The van der Waals surface area contributed by atoms with Gasteiger partial charge < -0.3 is 9.13 Å². The van der Waals surface area contributed by atoms with E-state index in [1.807, 2.05) is 33.4 Å². The molecule has 8 nitrogen and oxygen atoms in total. The number of nitrogens with zero attached hydrogens (tertiary/aromatic N) is 6. The predicted molar refractivity (Wildman–Crippen MR) is 105 cm³/mol. The molecule has 0 radical (unpaired) electrons. The fraction of sp³-hybridized carbons (Fsp3) is 0.294. The molecular weight excluding hydrogens is 388 g/mol. The lowest BCUT2D eigenvalue weighted by Gasteiger charge is -2.12. The maximum atomic E-state index is 12.6. The van der Waals surface area contributed by atoms with Gasteiger partial charge in [-0.15, -0.1) is 0 Å². The number of fused-ring (bicyclic) bond motifs is 4. The zero-order valence-corrected chi connectivity index (χ0v) is 16.2. The van der Waals surface area contributed by atoms with Crippen molar-refractivity contribution >= 4 is 45.6 Å². The third kappa shape index (κ3) is 2.31. The van der Waals surface area contributed by atoms with E-state index in [4.69, 9.17) is 11.6 Å². The fourth-order valence-electron chi connectivity index (χ4n) is 3.59. The molecule has 10 heteroatoms. The highest BCUT2D eigenvalue weighted by Crippen LogP contribution is 2.35. The average Bonchev–Trinajstić information content (AvgIpc) is 3.29. The summed E-state index contributed by atoms with van der Waals surface area (Å²) in [5.41, 5.74) is 2.04. The van der Waals surface area contributed by atoms with Gasteiger partial charge in [0.1, 0.15) is 0 Å². The van der Waals surface area contributed by atoms with Gasteiger partial charge in [0, 0.05) is 32.4 Å². The number of rotatable bonds is 2. The van der Waals surface area contributed by atoms with Gasteiger partial charge in [-0.2, -0.15) is 0 Å². The Hall–Kier alpha value is -2.52. The van der Waals surface area contributed by atoms with Crippen LogP contribution in [-0.2, 0) is 27.2 Å². The number of halogens is 1. The van der Waals surface area contributed by atoms with E-state index in [1.165, 1.54) is 11.6 Å². The lowest BCUT2D eigenvalue weighted by atomic mass is 10.3. The van der Waals surface area contributed by atoms with E-state index in [1.54, 1.807) is 18.8 Å². The summed E-state index contributed by atoms with van der Waals surface area (Å²) in [7, 11) is 3.12. The molecule has 0 bridgehead atoms. The van der Waals surface area contributed by atoms with Crippen LogP contribution in [0.15, 0.2) is 39.0 Å². The minimum atomic E-state index is -0.373. The van der Waals surface area contributed by atoms with E-state index in [9.17, 15) is 9.59 Å². The van der Waals surface area contributed by atoms with Crippen LogP contribution in [0, 0.1) is 0 Å². The summed E-state index contributed by atoms with van der Waals surface area (Å²) in [4.78, 5) is 33.7. The first-order valence-electron chi connectivity index (χ1n) is 8.39. The molecule has 0 amide bonds. The van der Waals surface area contributed by atoms with Gasteiger partial charge in [-0.3, -0.25) is 13.9 Å². The monoisotopic (exact) mass is 402 g/mol. The van der Waals surface area contributed by atoms with E-state index >= 15 is 0 Å². The van der Waals surface area contributed by atoms with Crippen LogP contribution in [-0.4, -0.2) is 33.5 Å². The van der Waals surface area contributed by atoms with Crippen LogP contribution < -0.4 is 11.2 Å². The van der Waals surface area contributed by atoms with Crippen molar-refractivity contribution in [2.45, 2.75) is 23.5 Å². The lowest BCUT2D eigenvalue weighted by Crippen LogP contribution is -2.37. The number of benzene rings is 1. The molecule has 0 saturated carbocycles. The number of thioether (sulfide) groups is 1. The van der Waals surface area contributed by atoms with Gasteiger partial charge >= 0.3 is 5.69 Å². The number of para-hydroxylation sites is 2. The molecule has 0 spiro atoms. The minimum absolute atomic E-state index is 0.161. The number of aryl methyl sites for hydroxylation is 1. The normalized spacial score (nSPS) is 16.5. The maximum absolute atomic E-state index is 12.6. The zero-order chi connectivity index (χ0) is 18.9. The van der Waals surface area contributed by atoms with Crippen molar-refractivity contribution in [2.75, 3.05) is 0 Å². The molecule has 0 aliphatic carbocycles. The molecule has 1 aliphatic rings. The van der Waals surface area contributed by atoms with Crippen molar-refractivity contribution < 1.29 is 0 Å². The molecule has 0 fully saturated rings. The van der Waals surface area contributed by atoms with Crippen molar-refractivity contribution in [3.05, 3.63) is 50.4 Å². The Kier molecular flexibility index (Phi) is 3.54. The van der Waals surface area contributed by atoms with Crippen LogP contribution in [0.5, 0.6) is 0 Å². The van der Waals surface area contributed by atoms with Crippen LogP contribution >= 0.6 is 23.4 Å². The second-order valence-electron chi connectivity index (χ2n) is 6.60. The van der Waals surface area contributed by atoms with E-state index in [0.717, 1.165) is 20.8 Å². The van der Waals surface area contributed by atoms with Crippen molar-refractivity contribution in [3.63, 3.8) is 0 Å². The fourth-order valence-corrected chi connectivity index (χ4v) is 5.02. The van der Waals surface area contributed by atoms with E-state index < -0.39 is 0 Å². The van der Waals surface area contributed by atoms with Crippen molar-refractivity contribution in [2.24, 2.45) is 14.1 Å². The number of hydrogen-bond donors (Lipinski definition) is 0. The Morgan fingerprint density at radius 3 is 2.78 bits per heavy atom. The molecular formula is C17H15ClN6O2S. The zero-order valence-electron chi connectivity index (χ0n) is 14.6. The summed E-state index contributed by atoms with van der Waals surface area (Å²) in [6.07, 6.45) is 0. The smallest absolute Gasteiger partial charge is 0.313 e. The summed E-state index contributed by atoms with van der Waals surface area (Å²) in [6.45, 7) is 1.27. The Labute approximate surface area is 162 Å². The molecule has 1 aromatic carbocycles. The Bertz CT molecular complexity index is 1350. The third-order valence-corrected chi connectivity index (χ3v) is 6.41. The van der Waals surface area contributed by atoms with Crippen molar-refractivity contribution in [1.82, 2.24) is 28.2 Å². The third-order valence-electron chi connectivity index (χ3n) is 4.97. The summed E-state index contributed by atoms with van der Waals surface area (Å²) in [5.74, 6) is 0. The molecule has 1 atom stereocenters. The van der Waals surface area contributed by atoms with E-state index in [2.05, 4.69) is 9.97 Å². The lowest BCUT2D eigenvalue weighted by molar-refractivity contribution is 0.594. The number of aromatic nitrogens is 6. The Morgan fingerprint density at radius 1 is 1.19 bits per heavy atom.